The predicted molar refractivity (Wildman–Crippen MR) is 78.5 cm³/mol. The fourth-order valence-electron chi connectivity index (χ4n) is 2.11. The number of thioether (sulfide) groups is 1. The lowest BCUT2D eigenvalue weighted by atomic mass is 10.2. The number of nitrogen functional groups attached to an aromatic ring is 1. The molecule has 20 heavy (non-hydrogen) atoms. The average molecular weight is 291 g/mol. The van der Waals surface area contributed by atoms with Gasteiger partial charge in [0.2, 0.25) is 0 Å². The third-order valence-corrected chi connectivity index (χ3v) is 4.57. The van der Waals surface area contributed by atoms with Gasteiger partial charge in [-0.05, 0) is 42.9 Å². The zero-order valence-corrected chi connectivity index (χ0v) is 11.9. The van der Waals surface area contributed by atoms with Crippen molar-refractivity contribution in [2.75, 3.05) is 11.5 Å². The monoisotopic (exact) mass is 291 g/mol. The Morgan fingerprint density at radius 3 is 2.90 bits per heavy atom. The summed E-state index contributed by atoms with van der Waals surface area (Å²) in [5, 5.41) is 4.43. The molecule has 6 heteroatoms. The normalized spacial score (nSPS) is 18.9. The minimum absolute atomic E-state index is 0.286. The molecule has 1 aromatic heterocycles. The Labute approximate surface area is 121 Å². The van der Waals surface area contributed by atoms with Crippen molar-refractivity contribution in [3.8, 4) is 5.75 Å². The van der Waals surface area contributed by atoms with E-state index in [1.54, 1.807) is 12.1 Å². The molecular formula is C14H17N3O2S. The zero-order valence-electron chi connectivity index (χ0n) is 11.1. The summed E-state index contributed by atoms with van der Waals surface area (Å²) in [6.07, 6.45) is 3.65. The van der Waals surface area contributed by atoms with Gasteiger partial charge in [-0.15, -0.1) is 0 Å². The summed E-state index contributed by atoms with van der Waals surface area (Å²) in [5.74, 6) is 3.23. The summed E-state index contributed by atoms with van der Waals surface area (Å²) in [5.41, 5.74) is 6.34. The highest BCUT2D eigenvalue weighted by Crippen LogP contribution is 2.36. The second-order valence-corrected chi connectivity index (χ2v) is 6.07. The van der Waals surface area contributed by atoms with Gasteiger partial charge in [-0.25, -0.2) is 0 Å². The molecule has 0 saturated carbocycles. The van der Waals surface area contributed by atoms with Crippen LogP contribution in [0.25, 0.3) is 0 Å². The molecule has 2 N–H and O–H groups in total. The van der Waals surface area contributed by atoms with Gasteiger partial charge in [-0.1, -0.05) is 11.6 Å². The summed E-state index contributed by atoms with van der Waals surface area (Å²) in [6.45, 7) is 0.286. The molecule has 1 aliphatic heterocycles. The van der Waals surface area contributed by atoms with Crippen molar-refractivity contribution in [2.45, 2.75) is 31.1 Å². The molecule has 3 rings (SSSR count). The van der Waals surface area contributed by atoms with Gasteiger partial charge in [-0.3, -0.25) is 0 Å². The molecule has 1 atom stereocenters. The standard InChI is InChI=1S/C14H17N3O2S/c15-10-4-6-11(7-5-10)18-9-13-16-14(17-19-13)12-3-1-2-8-20-12/h4-7,12H,1-3,8-9,15H2. The van der Waals surface area contributed by atoms with Gasteiger partial charge >= 0.3 is 0 Å². The van der Waals surface area contributed by atoms with E-state index in [-0.39, 0.29) is 6.61 Å². The van der Waals surface area contributed by atoms with Crippen LogP contribution in [0.4, 0.5) is 5.69 Å². The summed E-state index contributed by atoms with van der Waals surface area (Å²) < 4.78 is 10.8. The molecule has 1 aliphatic rings. The van der Waals surface area contributed by atoms with Crippen molar-refractivity contribution in [1.29, 1.82) is 0 Å². The molecule has 0 aliphatic carbocycles. The van der Waals surface area contributed by atoms with Gasteiger partial charge in [0.1, 0.15) is 5.75 Å². The molecule has 2 aromatic rings. The number of ether oxygens (including phenoxy) is 1. The SMILES string of the molecule is Nc1ccc(OCc2nc(C3CCCCS3)no2)cc1. The fraction of sp³-hybridized carbons (Fsp3) is 0.429. The maximum atomic E-state index is 5.62. The quantitative estimate of drug-likeness (QED) is 0.872. The number of nitrogens with zero attached hydrogens (tertiary/aromatic N) is 2. The van der Waals surface area contributed by atoms with E-state index in [1.807, 2.05) is 23.9 Å². The van der Waals surface area contributed by atoms with Crippen molar-refractivity contribution in [3.63, 3.8) is 0 Å². The molecule has 1 fully saturated rings. The van der Waals surface area contributed by atoms with E-state index in [0.717, 1.165) is 18.0 Å². The van der Waals surface area contributed by atoms with E-state index < -0.39 is 0 Å². The largest absolute Gasteiger partial charge is 0.484 e. The Kier molecular flexibility index (Phi) is 4.11. The second kappa shape index (κ2) is 6.17. The lowest BCUT2D eigenvalue weighted by molar-refractivity contribution is 0.242. The maximum absolute atomic E-state index is 5.62. The molecule has 1 aromatic carbocycles. The van der Waals surface area contributed by atoms with E-state index in [2.05, 4.69) is 10.1 Å². The summed E-state index contributed by atoms with van der Waals surface area (Å²) in [4.78, 5) is 4.42. The molecule has 5 nitrogen and oxygen atoms in total. The summed E-state index contributed by atoms with van der Waals surface area (Å²) in [7, 11) is 0. The van der Waals surface area contributed by atoms with E-state index in [0.29, 0.717) is 16.8 Å². The highest BCUT2D eigenvalue weighted by molar-refractivity contribution is 7.99. The molecular weight excluding hydrogens is 274 g/mol. The molecule has 1 unspecified atom stereocenters. The average Bonchev–Trinajstić information content (AvgIpc) is 2.97. The van der Waals surface area contributed by atoms with Crippen molar-refractivity contribution in [3.05, 3.63) is 36.0 Å². The van der Waals surface area contributed by atoms with Gasteiger partial charge in [0.25, 0.3) is 5.89 Å². The van der Waals surface area contributed by atoms with Gasteiger partial charge < -0.3 is 15.0 Å². The molecule has 2 heterocycles. The van der Waals surface area contributed by atoms with E-state index in [9.17, 15) is 0 Å². The van der Waals surface area contributed by atoms with Crippen LogP contribution < -0.4 is 10.5 Å². The first-order valence-corrected chi connectivity index (χ1v) is 7.78. The van der Waals surface area contributed by atoms with Crippen LogP contribution in [-0.2, 0) is 6.61 Å². The Hall–Kier alpha value is -1.69. The lowest BCUT2D eigenvalue weighted by Gasteiger charge is -2.17. The van der Waals surface area contributed by atoms with Gasteiger partial charge in [0, 0.05) is 5.69 Å². The highest BCUT2D eigenvalue weighted by Gasteiger charge is 2.21. The zero-order chi connectivity index (χ0) is 13.8. The minimum atomic E-state index is 0.286. The maximum Gasteiger partial charge on any atom is 0.264 e. The molecule has 0 amide bonds. The number of hydrogen-bond acceptors (Lipinski definition) is 6. The van der Waals surface area contributed by atoms with E-state index in [1.165, 1.54) is 18.6 Å². The molecule has 1 saturated heterocycles. The van der Waals surface area contributed by atoms with Crippen LogP contribution in [0.5, 0.6) is 5.75 Å². The van der Waals surface area contributed by atoms with Crippen molar-refractivity contribution in [2.24, 2.45) is 0 Å². The minimum Gasteiger partial charge on any atom is -0.484 e. The first kappa shape index (κ1) is 13.3. The molecule has 0 spiro atoms. The van der Waals surface area contributed by atoms with Crippen molar-refractivity contribution >= 4 is 17.4 Å². The number of hydrogen-bond donors (Lipinski definition) is 1. The summed E-state index contributed by atoms with van der Waals surface area (Å²) >= 11 is 1.91. The van der Waals surface area contributed by atoms with Crippen molar-refractivity contribution < 1.29 is 9.26 Å². The van der Waals surface area contributed by atoms with Gasteiger partial charge in [-0.2, -0.15) is 16.7 Å². The van der Waals surface area contributed by atoms with Crippen molar-refractivity contribution in [1.82, 2.24) is 10.1 Å². The smallest absolute Gasteiger partial charge is 0.264 e. The predicted octanol–water partition coefficient (Wildman–Crippen LogP) is 3.19. The number of rotatable bonds is 4. The first-order valence-electron chi connectivity index (χ1n) is 6.74. The lowest BCUT2D eigenvalue weighted by Crippen LogP contribution is -2.04. The van der Waals surface area contributed by atoms with E-state index >= 15 is 0 Å². The summed E-state index contributed by atoms with van der Waals surface area (Å²) in [6, 6.07) is 7.24. The van der Waals surface area contributed by atoms with Crippen LogP contribution in [0, 0.1) is 0 Å². The Balaban J connectivity index is 1.58. The topological polar surface area (TPSA) is 74.2 Å². The number of anilines is 1. The van der Waals surface area contributed by atoms with Crippen LogP contribution in [0.2, 0.25) is 0 Å². The second-order valence-electron chi connectivity index (χ2n) is 4.76. The van der Waals surface area contributed by atoms with E-state index in [4.69, 9.17) is 15.0 Å². The Morgan fingerprint density at radius 1 is 1.30 bits per heavy atom. The van der Waals surface area contributed by atoms with Crippen LogP contribution in [0.3, 0.4) is 0 Å². The Morgan fingerprint density at radius 2 is 2.15 bits per heavy atom. The number of nitrogens with two attached hydrogens (primary N) is 1. The third-order valence-electron chi connectivity index (χ3n) is 3.19. The van der Waals surface area contributed by atoms with Crippen LogP contribution in [-0.4, -0.2) is 15.9 Å². The fourth-order valence-corrected chi connectivity index (χ4v) is 3.34. The van der Waals surface area contributed by atoms with Gasteiger partial charge in [0.15, 0.2) is 12.4 Å². The van der Waals surface area contributed by atoms with Crippen LogP contribution in [0.15, 0.2) is 28.8 Å². The van der Waals surface area contributed by atoms with Crippen LogP contribution >= 0.6 is 11.8 Å². The molecule has 106 valence electrons. The molecule has 0 radical (unpaired) electrons. The van der Waals surface area contributed by atoms with Gasteiger partial charge in [0.05, 0.1) is 5.25 Å². The van der Waals surface area contributed by atoms with Crippen LogP contribution in [0.1, 0.15) is 36.2 Å². The first-order chi connectivity index (χ1) is 9.81. The molecule has 0 bridgehead atoms. The Bertz CT molecular complexity index is 550. The number of benzene rings is 1. The highest BCUT2D eigenvalue weighted by atomic mass is 32.2. The third kappa shape index (κ3) is 3.25. The number of aromatic nitrogens is 2.